The van der Waals surface area contributed by atoms with E-state index in [4.69, 9.17) is 9.52 Å². The Bertz CT molecular complexity index is 384. The number of likely N-dealkylation sites (tertiary alicyclic amines) is 1. The molecule has 0 aliphatic carbocycles. The zero-order chi connectivity index (χ0) is 12.3. The first kappa shape index (κ1) is 12.2. The van der Waals surface area contributed by atoms with Crippen molar-refractivity contribution in [3.8, 4) is 0 Å². The minimum absolute atomic E-state index is 0.0271. The third-order valence-electron chi connectivity index (χ3n) is 3.29. The number of aliphatic hydroxyl groups is 1. The number of furan rings is 1. The van der Waals surface area contributed by atoms with Crippen LogP contribution < -0.4 is 0 Å². The number of nitrogens with zero attached hydrogens (tertiary/aromatic N) is 1. The lowest BCUT2D eigenvalue weighted by molar-refractivity contribution is 0.0621. The average molecular weight is 237 g/mol. The Labute approximate surface area is 101 Å². The van der Waals surface area contributed by atoms with Gasteiger partial charge < -0.3 is 14.4 Å². The number of aryl methyl sites for hydroxylation is 1. The molecule has 1 saturated heterocycles. The van der Waals surface area contributed by atoms with Gasteiger partial charge in [-0.3, -0.25) is 4.79 Å². The first-order chi connectivity index (χ1) is 8.20. The number of carbonyl (C=O) groups excluding carboxylic acids is 1. The Morgan fingerprint density at radius 2 is 2.41 bits per heavy atom. The summed E-state index contributed by atoms with van der Waals surface area (Å²) in [6.45, 7) is 3.56. The summed E-state index contributed by atoms with van der Waals surface area (Å²) in [4.78, 5) is 14.0. The molecule has 2 rings (SSSR count). The molecule has 0 bridgehead atoms. The molecule has 1 aromatic rings. The summed E-state index contributed by atoms with van der Waals surface area (Å²) in [5, 5.41) is 8.94. The van der Waals surface area contributed by atoms with E-state index in [1.165, 1.54) is 0 Å². The van der Waals surface area contributed by atoms with Crippen molar-refractivity contribution in [2.24, 2.45) is 5.92 Å². The van der Waals surface area contributed by atoms with Crippen molar-refractivity contribution in [2.75, 3.05) is 19.7 Å². The van der Waals surface area contributed by atoms with Crippen molar-refractivity contribution in [1.82, 2.24) is 4.90 Å². The van der Waals surface area contributed by atoms with Crippen molar-refractivity contribution in [3.63, 3.8) is 0 Å². The van der Waals surface area contributed by atoms with Crippen LogP contribution in [0.3, 0.4) is 0 Å². The first-order valence-electron chi connectivity index (χ1n) is 6.17. The van der Waals surface area contributed by atoms with Gasteiger partial charge in [0.2, 0.25) is 0 Å². The molecule has 1 atom stereocenters. The van der Waals surface area contributed by atoms with Gasteiger partial charge in [-0.2, -0.15) is 0 Å². The lowest BCUT2D eigenvalue weighted by Crippen LogP contribution is -2.40. The fourth-order valence-corrected chi connectivity index (χ4v) is 2.37. The van der Waals surface area contributed by atoms with E-state index in [1.807, 2.05) is 17.9 Å². The summed E-state index contributed by atoms with van der Waals surface area (Å²) in [7, 11) is 0. The molecule has 1 fully saturated rings. The number of aliphatic hydroxyl groups excluding tert-OH is 1. The molecule has 1 aromatic heterocycles. The summed E-state index contributed by atoms with van der Waals surface area (Å²) in [6.07, 6.45) is 2.89. The van der Waals surface area contributed by atoms with Crippen LogP contribution in [0, 0.1) is 12.8 Å². The van der Waals surface area contributed by atoms with Crippen molar-refractivity contribution >= 4 is 5.91 Å². The molecule has 1 unspecified atom stereocenters. The largest absolute Gasteiger partial charge is 0.456 e. The molecule has 2 heterocycles. The van der Waals surface area contributed by atoms with Crippen molar-refractivity contribution in [2.45, 2.75) is 26.2 Å². The molecule has 0 saturated carbocycles. The van der Waals surface area contributed by atoms with E-state index >= 15 is 0 Å². The number of piperidine rings is 1. The van der Waals surface area contributed by atoms with E-state index in [-0.39, 0.29) is 12.5 Å². The van der Waals surface area contributed by atoms with E-state index in [9.17, 15) is 4.79 Å². The molecule has 0 spiro atoms. The first-order valence-corrected chi connectivity index (χ1v) is 6.17. The average Bonchev–Trinajstić information content (AvgIpc) is 2.76. The van der Waals surface area contributed by atoms with Crippen LogP contribution in [0.2, 0.25) is 0 Å². The zero-order valence-corrected chi connectivity index (χ0v) is 10.2. The van der Waals surface area contributed by atoms with Crippen LogP contribution in [-0.2, 0) is 0 Å². The molecule has 1 N–H and O–H groups in total. The quantitative estimate of drug-likeness (QED) is 0.872. The maximum absolute atomic E-state index is 12.1. The molecule has 0 radical (unpaired) electrons. The van der Waals surface area contributed by atoms with E-state index in [2.05, 4.69) is 0 Å². The van der Waals surface area contributed by atoms with Gasteiger partial charge in [0, 0.05) is 19.7 Å². The molecule has 17 heavy (non-hydrogen) atoms. The summed E-state index contributed by atoms with van der Waals surface area (Å²) in [5.74, 6) is 1.58. The number of hydrogen-bond donors (Lipinski definition) is 1. The van der Waals surface area contributed by atoms with Crippen molar-refractivity contribution in [3.05, 3.63) is 23.7 Å². The monoisotopic (exact) mass is 237 g/mol. The lowest BCUT2D eigenvalue weighted by atomic mass is 9.95. The molecule has 1 amide bonds. The van der Waals surface area contributed by atoms with Crippen LogP contribution in [0.15, 0.2) is 16.5 Å². The summed E-state index contributed by atoms with van der Waals surface area (Å²) >= 11 is 0. The van der Waals surface area contributed by atoms with Gasteiger partial charge in [-0.1, -0.05) is 0 Å². The molecule has 1 aliphatic heterocycles. The van der Waals surface area contributed by atoms with Crippen LogP contribution in [0.4, 0.5) is 0 Å². The fourth-order valence-electron chi connectivity index (χ4n) is 2.37. The summed E-state index contributed by atoms with van der Waals surface area (Å²) < 4.78 is 5.35. The van der Waals surface area contributed by atoms with E-state index in [0.29, 0.717) is 11.7 Å². The van der Waals surface area contributed by atoms with Crippen LogP contribution in [-0.4, -0.2) is 35.6 Å². The van der Waals surface area contributed by atoms with E-state index in [1.54, 1.807) is 6.07 Å². The van der Waals surface area contributed by atoms with Crippen LogP contribution >= 0.6 is 0 Å². The lowest BCUT2D eigenvalue weighted by Gasteiger charge is -2.31. The standard InChI is InChI=1S/C13H19NO3/c1-10-4-5-12(17-10)13(16)14-7-2-3-11(9-14)6-8-15/h4-5,11,15H,2-3,6-9H2,1H3. The van der Waals surface area contributed by atoms with Gasteiger partial charge in [0.25, 0.3) is 5.91 Å². The van der Waals surface area contributed by atoms with E-state index < -0.39 is 0 Å². The van der Waals surface area contributed by atoms with E-state index in [0.717, 1.165) is 38.1 Å². The highest BCUT2D eigenvalue weighted by molar-refractivity contribution is 5.91. The highest BCUT2D eigenvalue weighted by Gasteiger charge is 2.25. The molecule has 4 nitrogen and oxygen atoms in total. The Morgan fingerprint density at radius 3 is 3.06 bits per heavy atom. The van der Waals surface area contributed by atoms with Crippen molar-refractivity contribution in [1.29, 1.82) is 0 Å². The smallest absolute Gasteiger partial charge is 0.289 e. The molecule has 0 aromatic carbocycles. The second kappa shape index (κ2) is 5.36. The Hall–Kier alpha value is -1.29. The molecular formula is C13H19NO3. The predicted molar refractivity (Wildman–Crippen MR) is 63.8 cm³/mol. The third kappa shape index (κ3) is 2.88. The zero-order valence-electron chi connectivity index (χ0n) is 10.2. The molecular weight excluding hydrogens is 218 g/mol. The maximum Gasteiger partial charge on any atom is 0.289 e. The number of hydrogen-bond acceptors (Lipinski definition) is 3. The van der Waals surface area contributed by atoms with Gasteiger partial charge in [0.05, 0.1) is 0 Å². The Balaban J connectivity index is 1.99. The third-order valence-corrected chi connectivity index (χ3v) is 3.29. The maximum atomic E-state index is 12.1. The van der Waals surface area contributed by atoms with Gasteiger partial charge in [-0.15, -0.1) is 0 Å². The van der Waals surface area contributed by atoms with Gasteiger partial charge in [-0.05, 0) is 44.2 Å². The van der Waals surface area contributed by atoms with Gasteiger partial charge in [-0.25, -0.2) is 0 Å². The topological polar surface area (TPSA) is 53.7 Å². The number of rotatable bonds is 3. The normalized spacial score (nSPS) is 20.6. The van der Waals surface area contributed by atoms with Crippen LogP contribution in [0.25, 0.3) is 0 Å². The Morgan fingerprint density at radius 1 is 1.59 bits per heavy atom. The van der Waals surface area contributed by atoms with Gasteiger partial charge in [0.1, 0.15) is 5.76 Å². The molecule has 4 heteroatoms. The van der Waals surface area contributed by atoms with Crippen LogP contribution in [0.1, 0.15) is 35.6 Å². The predicted octanol–water partition coefficient (Wildman–Crippen LogP) is 1.82. The minimum Gasteiger partial charge on any atom is -0.456 e. The Kier molecular flexibility index (Phi) is 3.84. The summed E-state index contributed by atoms with van der Waals surface area (Å²) in [6, 6.07) is 3.54. The fraction of sp³-hybridized carbons (Fsp3) is 0.615. The highest BCUT2D eigenvalue weighted by Crippen LogP contribution is 2.21. The minimum atomic E-state index is -0.0271. The second-order valence-corrected chi connectivity index (χ2v) is 4.68. The number of carbonyl (C=O) groups is 1. The molecule has 1 aliphatic rings. The van der Waals surface area contributed by atoms with Crippen molar-refractivity contribution < 1.29 is 14.3 Å². The summed E-state index contributed by atoms with van der Waals surface area (Å²) in [5.41, 5.74) is 0. The molecule has 94 valence electrons. The van der Waals surface area contributed by atoms with Gasteiger partial charge in [0.15, 0.2) is 5.76 Å². The van der Waals surface area contributed by atoms with Gasteiger partial charge >= 0.3 is 0 Å². The van der Waals surface area contributed by atoms with Crippen LogP contribution in [0.5, 0.6) is 0 Å². The SMILES string of the molecule is Cc1ccc(C(=O)N2CCCC(CCO)C2)o1. The number of amides is 1. The second-order valence-electron chi connectivity index (χ2n) is 4.68. The highest BCUT2D eigenvalue weighted by atomic mass is 16.3.